The third-order valence-electron chi connectivity index (χ3n) is 2.30. The number of nitrogens with zero attached hydrogens (tertiary/aromatic N) is 2. The molecule has 0 amide bonds. The average molecular weight is 229 g/mol. The van der Waals surface area contributed by atoms with Crippen molar-refractivity contribution >= 4 is 17.6 Å². The normalized spacial score (nSPS) is 14.6. The number of hydrazone groups is 1. The van der Waals surface area contributed by atoms with Crippen LogP contribution in [0.1, 0.15) is 0 Å². The Kier molecular flexibility index (Phi) is 3.30. The van der Waals surface area contributed by atoms with E-state index in [1.807, 2.05) is 24.3 Å². The van der Waals surface area contributed by atoms with Gasteiger partial charge < -0.3 is 0 Å². The van der Waals surface area contributed by atoms with E-state index in [2.05, 4.69) is 10.5 Å². The number of allylic oxidation sites excluding steroid dienone is 4. The number of nitrogens with one attached hydrogen (secondary N) is 1. The van der Waals surface area contributed by atoms with Crippen LogP contribution in [-0.2, 0) is 0 Å². The molecule has 0 atom stereocenters. The molecule has 1 aromatic rings. The van der Waals surface area contributed by atoms with Gasteiger partial charge in [0.2, 0.25) is 0 Å². The Morgan fingerprint density at radius 1 is 1.24 bits per heavy atom. The van der Waals surface area contributed by atoms with Crippen LogP contribution >= 0.6 is 0 Å². The number of nitro benzene ring substituents is 1. The van der Waals surface area contributed by atoms with Gasteiger partial charge in [-0.25, -0.2) is 0 Å². The maximum absolute atomic E-state index is 10.4. The fraction of sp³-hybridized carbons (Fsp3) is 0.0833. The maximum Gasteiger partial charge on any atom is 0.269 e. The Bertz CT molecular complexity index is 477. The predicted octanol–water partition coefficient (Wildman–Crippen LogP) is 2.73. The third kappa shape index (κ3) is 3.01. The fourth-order valence-electron chi connectivity index (χ4n) is 1.40. The van der Waals surface area contributed by atoms with Crippen molar-refractivity contribution in [3.63, 3.8) is 0 Å². The zero-order valence-electron chi connectivity index (χ0n) is 8.98. The summed E-state index contributed by atoms with van der Waals surface area (Å²) >= 11 is 0. The van der Waals surface area contributed by atoms with Crippen molar-refractivity contribution in [2.45, 2.75) is 0 Å². The summed E-state index contributed by atoms with van der Waals surface area (Å²) in [4.78, 5) is 10.0. The van der Waals surface area contributed by atoms with E-state index in [4.69, 9.17) is 0 Å². The van der Waals surface area contributed by atoms with Gasteiger partial charge in [0.25, 0.3) is 5.69 Å². The highest BCUT2D eigenvalue weighted by Crippen LogP contribution is 2.15. The Hall–Kier alpha value is -2.43. The highest BCUT2D eigenvalue weighted by Gasteiger charge is 2.03. The van der Waals surface area contributed by atoms with E-state index in [1.165, 1.54) is 12.1 Å². The molecule has 1 N–H and O–H groups in total. The zero-order chi connectivity index (χ0) is 12.1. The molecular weight excluding hydrogens is 218 g/mol. The van der Waals surface area contributed by atoms with Gasteiger partial charge in [0.05, 0.1) is 10.6 Å². The first-order chi connectivity index (χ1) is 8.25. The van der Waals surface area contributed by atoms with Crippen LogP contribution in [0.25, 0.3) is 0 Å². The average Bonchev–Trinajstić information content (AvgIpc) is 2.83. The van der Waals surface area contributed by atoms with Crippen molar-refractivity contribution in [3.05, 3.63) is 58.7 Å². The van der Waals surface area contributed by atoms with Gasteiger partial charge in [-0.15, -0.1) is 0 Å². The van der Waals surface area contributed by atoms with Crippen molar-refractivity contribution in [1.82, 2.24) is 0 Å². The van der Waals surface area contributed by atoms with Crippen molar-refractivity contribution in [2.24, 2.45) is 11.0 Å². The topological polar surface area (TPSA) is 67.5 Å². The van der Waals surface area contributed by atoms with E-state index < -0.39 is 4.92 Å². The number of non-ortho nitro benzene ring substituents is 1. The monoisotopic (exact) mass is 229 g/mol. The van der Waals surface area contributed by atoms with E-state index in [0.29, 0.717) is 0 Å². The van der Waals surface area contributed by atoms with Gasteiger partial charge in [0.1, 0.15) is 0 Å². The Morgan fingerprint density at radius 2 is 1.88 bits per heavy atom. The number of rotatable bonds is 4. The fourth-order valence-corrected chi connectivity index (χ4v) is 1.40. The minimum atomic E-state index is -0.429. The quantitative estimate of drug-likeness (QED) is 0.490. The first-order valence-corrected chi connectivity index (χ1v) is 5.14. The second kappa shape index (κ2) is 5.07. The summed E-state index contributed by atoms with van der Waals surface area (Å²) in [5.41, 5.74) is 3.61. The van der Waals surface area contributed by atoms with E-state index in [1.54, 1.807) is 18.3 Å². The number of benzene rings is 1. The van der Waals surface area contributed by atoms with Crippen LogP contribution in [-0.4, -0.2) is 11.1 Å². The summed E-state index contributed by atoms with van der Waals surface area (Å²) in [7, 11) is 0. The number of nitro groups is 1. The Labute approximate surface area is 98.3 Å². The minimum absolute atomic E-state index is 0.0705. The minimum Gasteiger partial charge on any atom is -0.279 e. The maximum atomic E-state index is 10.4. The lowest BCUT2D eigenvalue weighted by molar-refractivity contribution is -0.384. The van der Waals surface area contributed by atoms with Crippen LogP contribution in [0.3, 0.4) is 0 Å². The summed E-state index contributed by atoms with van der Waals surface area (Å²) in [6.07, 6.45) is 9.72. The van der Waals surface area contributed by atoms with Crippen molar-refractivity contribution in [1.29, 1.82) is 0 Å². The van der Waals surface area contributed by atoms with Crippen molar-refractivity contribution in [3.8, 4) is 0 Å². The van der Waals surface area contributed by atoms with Gasteiger partial charge >= 0.3 is 0 Å². The van der Waals surface area contributed by atoms with Crippen LogP contribution < -0.4 is 5.43 Å². The molecule has 1 aliphatic rings. The van der Waals surface area contributed by atoms with Crippen molar-refractivity contribution in [2.75, 3.05) is 5.43 Å². The summed E-state index contributed by atoms with van der Waals surface area (Å²) in [6, 6.07) is 6.12. The lowest BCUT2D eigenvalue weighted by atomic mass is 10.2. The van der Waals surface area contributed by atoms with Crippen molar-refractivity contribution < 1.29 is 4.92 Å². The Morgan fingerprint density at radius 3 is 2.47 bits per heavy atom. The summed E-state index contributed by atoms with van der Waals surface area (Å²) < 4.78 is 0. The standard InChI is InChI=1S/C12H11N3O2/c16-15(17)12-7-5-11(6-8-12)14-13-9-10-3-1-2-4-10/h1-10,14H/b13-9+. The van der Waals surface area contributed by atoms with Gasteiger partial charge in [-0.3, -0.25) is 15.5 Å². The molecule has 0 radical (unpaired) electrons. The third-order valence-corrected chi connectivity index (χ3v) is 2.30. The SMILES string of the molecule is O=[N+]([O-])c1ccc(N/N=C/C2C=CC=C2)cc1. The van der Waals surface area contributed by atoms with Gasteiger partial charge in [-0.2, -0.15) is 5.10 Å². The van der Waals surface area contributed by atoms with Gasteiger partial charge in [0, 0.05) is 24.3 Å². The van der Waals surface area contributed by atoms with Gasteiger partial charge in [-0.05, 0) is 12.1 Å². The molecule has 0 heterocycles. The molecule has 5 nitrogen and oxygen atoms in total. The van der Waals surface area contributed by atoms with E-state index in [0.717, 1.165) is 5.69 Å². The molecule has 0 aromatic heterocycles. The molecule has 1 aromatic carbocycles. The number of anilines is 1. The lowest BCUT2D eigenvalue weighted by Gasteiger charge is -2.00. The predicted molar refractivity (Wildman–Crippen MR) is 67.0 cm³/mol. The molecule has 86 valence electrons. The molecule has 0 saturated carbocycles. The highest BCUT2D eigenvalue weighted by atomic mass is 16.6. The summed E-state index contributed by atoms with van der Waals surface area (Å²) in [5, 5.41) is 14.5. The molecule has 0 unspecified atom stereocenters. The van der Waals surface area contributed by atoms with Gasteiger partial charge in [0.15, 0.2) is 0 Å². The smallest absolute Gasteiger partial charge is 0.269 e. The molecule has 5 heteroatoms. The summed E-state index contributed by atoms with van der Waals surface area (Å²) in [5.74, 6) is 0.223. The van der Waals surface area contributed by atoms with Gasteiger partial charge in [-0.1, -0.05) is 24.3 Å². The summed E-state index contributed by atoms with van der Waals surface area (Å²) in [6.45, 7) is 0. The molecule has 0 spiro atoms. The molecule has 2 rings (SSSR count). The van der Waals surface area contributed by atoms with E-state index in [9.17, 15) is 10.1 Å². The molecule has 0 bridgehead atoms. The van der Waals surface area contributed by atoms with Crippen LogP contribution in [0, 0.1) is 16.0 Å². The van der Waals surface area contributed by atoms with Crippen LogP contribution in [0.5, 0.6) is 0 Å². The lowest BCUT2D eigenvalue weighted by Crippen LogP contribution is -1.95. The molecular formula is C12H11N3O2. The number of hydrogen-bond acceptors (Lipinski definition) is 4. The van der Waals surface area contributed by atoms with E-state index >= 15 is 0 Å². The Balaban J connectivity index is 1.92. The molecule has 0 fully saturated rings. The molecule has 1 aliphatic carbocycles. The first kappa shape index (κ1) is 11.1. The van der Waals surface area contributed by atoms with Crippen LogP contribution in [0.15, 0.2) is 53.7 Å². The van der Waals surface area contributed by atoms with E-state index in [-0.39, 0.29) is 11.6 Å². The first-order valence-electron chi connectivity index (χ1n) is 5.14. The zero-order valence-corrected chi connectivity index (χ0v) is 8.98. The second-order valence-electron chi connectivity index (χ2n) is 3.54. The molecule has 0 aliphatic heterocycles. The largest absolute Gasteiger partial charge is 0.279 e. The second-order valence-corrected chi connectivity index (χ2v) is 3.54. The molecule has 17 heavy (non-hydrogen) atoms. The highest BCUT2D eigenvalue weighted by molar-refractivity contribution is 5.68. The van der Waals surface area contributed by atoms with Crippen LogP contribution in [0.2, 0.25) is 0 Å². The number of hydrogen-bond donors (Lipinski definition) is 1. The van der Waals surface area contributed by atoms with Crippen LogP contribution in [0.4, 0.5) is 11.4 Å². The molecule has 0 saturated heterocycles.